The highest BCUT2D eigenvalue weighted by atomic mass is 79.9. The topological polar surface area (TPSA) is 12.0 Å². The number of halogens is 2. The van der Waals surface area contributed by atoms with Crippen molar-refractivity contribution in [1.29, 1.82) is 0 Å². The lowest BCUT2D eigenvalue weighted by atomic mass is 10.00. The first kappa shape index (κ1) is 14.3. The van der Waals surface area contributed by atoms with Gasteiger partial charge in [0.1, 0.15) is 0 Å². The average molecular weight is 389 g/mol. The van der Waals surface area contributed by atoms with Crippen LogP contribution in [0.25, 0.3) is 0 Å². The molecule has 0 saturated heterocycles. The van der Waals surface area contributed by atoms with Crippen molar-refractivity contribution in [2.24, 2.45) is 0 Å². The molecule has 0 saturated carbocycles. The highest BCUT2D eigenvalue weighted by Gasteiger charge is 2.17. The van der Waals surface area contributed by atoms with Gasteiger partial charge < -0.3 is 5.32 Å². The fraction of sp³-hybridized carbons (Fsp3) is 0.286. The molecule has 0 aliphatic rings. The number of rotatable bonds is 4. The van der Waals surface area contributed by atoms with E-state index in [1.165, 1.54) is 16.7 Å². The van der Waals surface area contributed by atoms with Gasteiger partial charge in [-0.25, -0.2) is 0 Å². The third-order valence-corrected chi connectivity index (χ3v) is 5.12. The summed E-state index contributed by atoms with van der Waals surface area (Å²) in [6.07, 6.45) is 0. The Morgan fingerprint density at radius 3 is 2.67 bits per heavy atom. The van der Waals surface area contributed by atoms with E-state index in [0.29, 0.717) is 0 Å². The summed E-state index contributed by atoms with van der Waals surface area (Å²) in [5.41, 5.74) is 3.83. The van der Waals surface area contributed by atoms with E-state index >= 15 is 0 Å². The first-order chi connectivity index (χ1) is 8.63. The third kappa shape index (κ3) is 3.05. The van der Waals surface area contributed by atoms with Crippen molar-refractivity contribution in [3.8, 4) is 0 Å². The number of hydrogen-bond donors (Lipinski definition) is 1. The van der Waals surface area contributed by atoms with Crippen LogP contribution in [0.1, 0.15) is 29.7 Å². The molecular formula is C14H15Br2NS. The Kier molecular flexibility index (Phi) is 5.01. The fourth-order valence-corrected chi connectivity index (χ4v) is 3.67. The summed E-state index contributed by atoms with van der Waals surface area (Å²) in [4.78, 5) is 0. The van der Waals surface area contributed by atoms with Crippen molar-refractivity contribution in [3.63, 3.8) is 0 Å². The smallest absolute Gasteiger partial charge is 0.0596 e. The van der Waals surface area contributed by atoms with Gasteiger partial charge in [0.15, 0.2) is 0 Å². The molecule has 1 aromatic heterocycles. The lowest BCUT2D eigenvalue weighted by molar-refractivity contribution is 0.630. The van der Waals surface area contributed by atoms with Crippen LogP contribution in [0.5, 0.6) is 0 Å². The molecule has 96 valence electrons. The van der Waals surface area contributed by atoms with E-state index in [0.717, 1.165) is 15.5 Å². The van der Waals surface area contributed by atoms with E-state index in [-0.39, 0.29) is 6.04 Å². The summed E-state index contributed by atoms with van der Waals surface area (Å²) in [6, 6.07) is 6.78. The van der Waals surface area contributed by atoms with Crippen molar-refractivity contribution >= 4 is 43.2 Å². The maximum absolute atomic E-state index is 3.68. The largest absolute Gasteiger partial charge is 0.306 e. The van der Waals surface area contributed by atoms with Gasteiger partial charge in [-0.15, -0.1) is 0 Å². The SMILES string of the molecule is CCNC(c1ccsc1)c1cc(Br)c(C)cc1Br. The highest BCUT2D eigenvalue weighted by molar-refractivity contribution is 9.11. The number of thiophene rings is 1. The summed E-state index contributed by atoms with van der Waals surface area (Å²) in [5.74, 6) is 0. The van der Waals surface area contributed by atoms with E-state index in [1.54, 1.807) is 11.3 Å². The van der Waals surface area contributed by atoms with Crippen LogP contribution in [0.4, 0.5) is 0 Å². The fourth-order valence-electron chi connectivity index (χ4n) is 1.93. The van der Waals surface area contributed by atoms with E-state index in [4.69, 9.17) is 0 Å². The van der Waals surface area contributed by atoms with Gasteiger partial charge in [0, 0.05) is 8.95 Å². The zero-order valence-corrected chi connectivity index (χ0v) is 14.3. The molecule has 18 heavy (non-hydrogen) atoms. The Morgan fingerprint density at radius 1 is 1.28 bits per heavy atom. The molecule has 0 spiro atoms. The molecule has 1 unspecified atom stereocenters. The monoisotopic (exact) mass is 387 g/mol. The van der Waals surface area contributed by atoms with Gasteiger partial charge in [0.05, 0.1) is 6.04 Å². The molecule has 0 aliphatic heterocycles. The van der Waals surface area contributed by atoms with Crippen LogP contribution in [-0.2, 0) is 0 Å². The van der Waals surface area contributed by atoms with Crippen molar-refractivity contribution in [2.45, 2.75) is 19.9 Å². The molecule has 0 aliphatic carbocycles. The molecular weight excluding hydrogens is 374 g/mol. The van der Waals surface area contributed by atoms with Gasteiger partial charge in [-0.2, -0.15) is 11.3 Å². The predicted octanol–water partition coefficient (Wildman–Crippen LogP) is 5.28. The van der Waals surface area contributed by atoms with E-state index in [1.807, 2.05) is 0 Å². The van der Waals surface area contributed by atoms with Crippen molar-refractivity contribution in [3.05, 3.63) is 54.6 Å². The zero-order chi connectivity index (χ0) is 13.1. The normalized spacial score (nSPS) is 12.7. The van der Waals surface area contributed by atoms with E-state index < -0.39 is 0 Å². The molecule has 1 heterocycles. The van der Waals surface area contributed by atoms with Gasteiger partial charge >= 0.3 is 0 Å². The molecule has 4 heteroatoms. The van der Waals surface area contributed by atoms with Gasteiger partial charge in [0.25, 0.3) is 0 Å². The quantitative estimate of drug-likeness (QED) is 0.751. The van der Waals surface area contributed by atoms with Crippen molar-refractivity contribution < 1.29 is 0 Å². The number of hydrogen-bond acceptors (Lipinski definition) is 2. The standard InChI is InChI=1S/C14H15Br2NS/c1-3-17-14(10-4-5-18-8-10)11-7-12(15)9(2)6-13(11)16/h4-8,14,17H,3H2,1-2H3. The molecule has 1 aromatic carbocycles. The maximum atomic E-state index is 3.68. The molecule has 2 aromatic rings. The number of aryl methyl sites for hydroxylation is 1. The Balaban J connectivity index is 2.46. The predicted molar refractivity (Wildman–Crippen MR) is 86.4 cm³/mol. The van der Waals surface area contributed by atoms with Gasteiger partial charge in [-0.05, 0) is 59.1 Å². The molecule has 0 radical (unpaired) electrons. The molecule has 1 nitrogen and oxygen atoms in total. The molecule has 2 rings (SSSR count). The van der Waals surface area contributed by atoms with Crippen LogP contribution >= 0.6 is 43.2 Å². The minimum atomic E-state index is 0.243. The van der Waals surface area contributed by atoms with Crippen molar-refractivity contribution in [2.75, 3.05) is 6.54 Å². The van der Waals surface area contributed by atoms with E-state index in [2.05, 4.69) is 80.0 Å². The molecule has 0 bridgehead atoms. The summed E-state index contributed by atoms with van der Waals surface area (Å²) in [5, 5.41) is 7.87. The van der Waals surface area contributed by atoms with Gasteiger partial charge in [0.2, 0.25) is 0 Å². The first-order valence-corrected chi connectivity index (χ1v) is 8.37. The lowest BCUT2D eigenvalue weighted by Gasteiger charge is -2.20. The minimum Gasteiger partial charge on any atom is -0.306 e. The second kappa shape index (κ2) is 6.33. The molecule has 1 atom stereocenters. The molecule has 0 amide bonds. The molecule has 0 fully saturated rings. The summed E-state index contributed by atoms with van der Waals surface area (Å²) >= 11 is 9.03. The second-order valence-electron chi connectivity index (χ2n) is 4.17. The first-order valence-electron chi connectivity index (χ1n) is 5.84. The van der Waals surface area contributed by atoms with E-state index in [9.17, 15) is 0 Å². The maximum Gasteiger partial charge on any atom is 0.0596 e. The van der Waals surface area contributed by atoms with Crippen LogP contribution in [0.15, 0.2) is 37.9 Å². The minimum absolute atomic E-state index is 0.243. The van der Waals surface area contributed by atoms with Crippen LogP contribution in [-0.4, -0.2) is 6.54 Å². The Bertz CT molecular complexity index is 523. The van der Waals surface area contributed by atoms with Crippen LogP contribution in [0.2, 0.25) is 0 Å². The van der Waals surface area contributed by atoms with Gasteiger partial charge in [-0.3, -0.25) is 0 Å². The van der Waals surface area contributed by atoms with Crippen LogP contribution in [0.3, 0.4) is 0 Å². The number of nitrogens with one attached hydrogen (secondary N) is 1. The Hall–Kier alpha value is -0.160. The lowest BCUT2D eigenvalue weighted by Crippen LogP contribution is -2.22. The third-order valence-electron chi connectivity index (χ3n) is 2.87. The Labute approximate surface area is 129 Å². The van der Waals surface area contributed by atoms with Crippen molar-refractivity contribution in [1.82, 2.24) is 5.32 Å². The summed E-state index contributed by atoms with van der Waals surface area (Å²) < 4.78 is 2.30. The zero-order valence-electron chi connectivity index (χ0n) is 10.3. The summed E-state index contributed by atoms with van der Waals surface area (Å²) in [7, 11) is 0. The van der Waals surface area contributed by atoms with Crippen LogP contribution in [0, 0.1) is 6.92 Å². The second-order valence-corrected chi connectivity index (χ2v) is 6.66. The Morgan fingerprint density at radius 2 is 2.06 bits per heavy atom. The van der Waals surface area contributed by atoms with Crippen LogP contribution < -0.4 is 5.32 Å². The molecule has 1 N–H and O–H groups in total. The number of benzene rings is 1. The highest BCUT2D eigenvalue weighted by Crippen LogP contribution is 2.33. The van der Waals surface area contributed by atoms with Gasteiger partial charge in [-0.1, -0.05) is 38.8 Å². The average Bonchev–Trinajstić information content (AvgIpc) is 2.85. The summed E-state index contributed by atoms with van der Waals surface area (Å²) in [6.45, 7) is 5.18.